The molecule has 0 spiro atoms. The summed E-state index contributed by atoms with van der Waals surface area (Å²) in [5, 5.41) is 12.8. The highest BCUT2D eigenvalue weighted by Gasteiger charge is 2.24. The fourth-order valence-electron chi connectivity index (χ4n) is 4.50. The highest BCUT2D eigenvalue weighted by molar-refractivity contribution is 8.00. The highest BCUT2D eigenvalue weighted by atomic mass is 32.2. The minimum atomic E-state index is -0.326. The Bertz CT molecular complexity index is 1340. The van der Waals surface area contributed by atoms with Crippen molar-refractivity contribution in [3.63, 3.8) is 0 Å². The minimum absolute atomic E-state index is 0.0190. The van der Waals surface area contributed by atoms with E-state index in [0.717, 1.165) is 23.9 Å². The molecule has 2 aromatic heterocycles. The quantitative estimate of drug-likeness (QED) is 0.439. The monoisotopic (exact) mass is 461 g/mol. The van der Waals surface area contributed by atoms with Crippen LogP contribution in [-0.2, 0) is 11.3 Å². The number of carbonyl (C=O) groups is 1. The van der Waals surface area contributed by atoms with E-state index in [0.29, 0.717) is 22.9 Å². The molecule has 2 aromatic carbocycles. The highest BCUT2D eigenvalue weighted by Crippen LogP contribution is 2.26. The molecule has 0 aliphatic heterocycles. The molecule has 1 amide bonds. The number of nitrogens with one attached hydrogen (secondary N) is 1. The van der Waals surface area contributed by atoms with E-state index in [1.807, 2.05) is 65.9 Å². The zero-order chi connectivity index (χ0) is 22.8. The van der Waals surface area contributed by atoms with Gasteiger partial charge < -0.3 is 5.32 Å². The van der Waals surface area contributed by atoms with Crippen LogP contribution in [-0.4, -0.2) is 36.4 Å². The average molecular weight is 462 g/mol. The van der Waals surface area contributed by atoms with Gasteiger partial charge in [0.15, 0.2) is 5.16 Å². The van der Waals surface area contributed by atoms with Crippen molar-refractivity contribution in [2.24, 2.45) is 0 Å². The maximum absolute atomic E-state index is 13.3. The number of rotatable bonds is 6. The lowest BCUT2D eigenvalue weighted by Gasteiger charge is -2.24. The number of hydrogen-bond acceptors (Lipinski definition) is 5. The van der Waals surface area contributed by atoms with Gasteiger partial charge in [-0.3, -0.25) is 18.6 Å². The first-order valence-corrected chi connectivity index (χ1v) is 12.4. The van der Waals surface area contributed by atoms with Gasteiger partial charge in [-0.25, -0.2) is 0 Å². The van der Waals surface area contributed by atoms with Gasteiger partial charge in [0.25, 0.3) is 5.56 Å². The predicted molar refractivity (Wildman–Crippen MR) is 131 cm³/mol. The van der Waals surface area contributed by atoms with Crippen molar-refractivity contribution >= 4 is 34.3 Å². The largest absolute Gasteiger partial charge is 0.352 e. The Labute approximate surface area is 196 Å². The molecule has 1 aliphatic rings. The summed E-state index contributed by atoms with van der Waals surface area (Å²) in [6, 6.07) is 17.6. The summed E-state index contributed by atoms with van der Waals surface area (Å²) >= 11 is 1.37. The second kappa shape index (κ2) is 9.39. The number of benzene rings is 2. The SMILES string of the molecule is CC(Sc1nnc2n(Cc3ccccc3)c(=O)c3ccccc3n12)C(=O)NC1CCCCC1. The van der Waals surface area contributed by atoms with E-state index >= 15 is 0 Å². The van der Waals surface area contributed by atoms with Crippen molar-refractivity contribution < 1.29 is 4.79 Å². The number of carbonyl (C=O) groups excluding carboxylic acids is 1. The normalized spacial score (nSPS) is 15.7. The molecule has 8 heteroatoms. The molecule has 1 aliphatic carbocycles. The topological polar surface area (TPSA) is 81.3 Å². The lowest BCUT2D eigenvalue weighted by atomic mass is 9.95. The standard InChI is InChI=1S/C25H27N5O2S/c1-17(22(31)26-19-12-6-3-7-13-19)33-25-28-27-24-29(16-18-10-4-2-5-11-18)23(32)20-14-8-9-15-21(20)30(24)25/h2,4-5,8-11,14-15,17,19H,3,6-7,12-13,16H2,1H3,(H,26,31). The lowest BCUT2D eigenvalue weighted by Crippen LogP contribution is -2.40. The minimum Gasteiger partial charge on any atom is -0.352 e. The van der Waals surface area contributed by atoms with Crippen molar-refractivity contribution in [2.75, 3.05) is 0 Å². The Morgan fingerprint density at radius 1 is 1.06 bits per heavy atom. The van der Waals surface area contributed by atoms with E-state index < -0.39 is 0 Å². The maximum atomic E-state index is 13.3. The van der Waals surface area contributed by atoms with Crippen molar-refractivity contribution in [3.05, 3.63) is 70.5 Å². The first kappa shape index (κ1) is 21.7. The Morgan fingerprint density at radius 3 is 2.58 bits per heavy atom. The van der Waals surface area contributed by atoms with Crippen LogP contribution in [0.4, 0.5) is 0 Å². The van der Waals surface area contributed by atoms with Crippen LogP contribution >= 0.6 is 11.8 Å². The van der Waals surface area contributed by atoms with Crippen LogP contribution < -0.4 is 10.9 Å². The number of aromatic nitrogens is 4. The van der Waals surface area contributed by atoms with Crippen molar-refractivity contribution in [1.29, 1.82) is 0 Å². The molecule has 1 saturated carbocycles. The van der Waals surface area contributed by atoms with Crippen molar-refractivity contribution in [1.82, 2.24) is 24.5 Å². The molecule has 5 rings (SSSR count). The van der Waals surface area contributed by atoms with Gasteiger partial charge in [-0.15, -0.1) is 10.2 Å². The van der Waals surface area contributed by atoms with Gasteiger partial charge >= 0.3 is 0 Å². The summed E-state index contributed by atoms with van der Waals surface area (Å²) in [7, 11) is 0. The van der Waals surface area contributed by atoms with Crippen LogP contribution in [0.25, 0.3) is 16.7 Å². The van der Waals surface area contributed by atoms with Gasteiger partial charge in [0.1, 0.15) is 0 Å². The van der Waals surface area contributed by atoms with Crippen molar-refractivity contribution in [3.8, 4) is 0 Å². The third kappa shape index (κ3) is 4.39. The summed E-state index contributed by atoms with van der Waals surface area (Å²) in [4.78, 5) is 26.2. The number of nitrogens with zero attached hydrogens (tertiary/aromatic N) is 4. The molecule has 0 bridgehead atoms. The first-order chi connectivity index (χ1) is 16.1. The Balaban J connectivity index is 1.51. The molecule has 0 radical (unpaired) electrons. The van der Waals surface area contributed by atoms with E-state index in [1.165, 1.54) is 31.0 Å². The molecular formula is C25H27N5O2S. The molecule has 4 aromatic rings. The average Bonchev–Trinajstić information content (AvgIpc) is 3.26. The summed E-state index contributed by atoms with van der Waals surface area (Å²) < 4.78 is 3.55. The summed E-state index contributed by atoms with van der Waals surface area (Å²) in [5.74, 6) is 0.496. The Kier molecular flexibility index (Phi) is 6.17. The van der Waals surface area contributed by atoms with Gasteiger partial charge in [0.05, 0.1) is 22.7 Å². The van der Waals surface area contributed by atoms with E-state index in [1.54, 1.807) is 4.57 Å². The van der Waals surface area contributed by atoms with Crippen LogP contribution in [0.3, 0.4) is 0 Å². The molecule has 0 saturated heterocycles. The third-order valence-corrected chi connectivity index (χ3v) is 7.31. The second-order valence-corrected chi connectivity index (χ2v) is 9.92. The molecule has 1 unspecified atom stereocenters. The van der Waals surface area contributed by atoms with Gasteiger partial charge in [0, 0.05) is 6.04 Å². The van der Waals surface area contributed by atoms with Gasteiger partial charge in [0.2, 0.25) is 11.7 Å². The number of fused-ring (bicyclic) bond motifs is 3. The lowest BCUT2D eigenvalue weighted by molar-refractivity contribution is -0.121. The fourth-order valence-corrected chi connectivity index (χ4v) is 5.36. The Morgan fingerprint density at radius 2 is 1.79 bits per heavy atom. The summed E-state index contributed by atoms with van der Waals surface area (Å²) in [6.07, 6.45) is 5.69. The Hall–Kier alpha value is -3.13. The van der Waals surface area contributed by atoms with E-state index in [9.17, 15) is 9.59 Å². The zero-order valence-corrected chi connectivity index (χ0v) is 19.4. The molecule has 7 nitrogen and oxygen atoms in total. The molecule has 1 atom stereocenters. The summed E-state index contributed by atoms with van der Waals surface area (Å²) in [6.45, 7) is 2.29. The first-order valence-electron chi connectivity index (χ1n) is 11.5. The maximum Gasteiger partial charge on any atom is 0.263 e. The number of para-hydroxylation sites is 1. The zero-order valence-electron chi connectivity index (χ0n) is 18.6. The van der Waals surface area contributed by atoms with Crippen LogP contribution in [0, 0.1) is 0 Å². The second-order valence-electron chi connectivity index (χ2n) is 8.62. The molecule has 33 heavy (non-hydrogen) atoms. The molecule has 1 N–H and O–H groups in total. The number of hydrogen-bond donors (Lipinski definition) is 1. The van der Waals surface area contributed by atoms with Crippen LogP contribution in [0.15, 0.2) is 64.5 Å². The van der Waals surface area contributed by atoms with E-state index in [4.69, 9.17) is 0 Å². The number of amides is 1. The predicted octanol–water partition coefficient (Wildman–Crippen LogP) is 4.02. The van der Waals surface area contributed by atoms with E-state index in [2.05, 4.69) is 15.5 Å². The molecular weight excluding hydrogens is 434 g/mol. The third-order valence-electron chi connectivity index (χ3n) is 6.26. The fraction of sp³-hybridized carbons (Fsp3) is 0.360. The number of thioether (sulfide) groups is 1. The van der Waals surface area contributed by atoms with Crippen LogP contribution in [0.1, 0.15) is 44.6 Å². The smallest absolute Gasteiger partial charge is 0.263 e. The summed E-state index contributed by atoms with van der Waals surface area (Å²) in [5.41, 5.74) is 1.65. The van der Waals surface area contributed by atoms with E-state index in [-0.39, 0.29) is 22.8 Å². The molecule has 170 valence electrons. The molecule has 2 heterocycles. The van der Waals surface area contributed by atoms with Gasteiger partial charge in [-0.2, -0.15) is 0 Å². The van der Waals surface area contributed by atoms with Crippen LogP contribution in [0.2, 0.25) is 0 Å². The van der Waals surface area contributed by atoms with Gasteiger partial charge in [-0.1, -0.05) is 73.5 Å². The van der Waals surface area contributed by atoms with Gasteiger partial charge in [-0.05, 0) is 37.5 Å². The van der Waals surface area contributed by atoms with Crippen molar-refractivity contribution in [2.45, 2.75) is 62.0 Å². The van der Waals surface area contributed by atoms with Crippen LogP contribution in [0.5, 0.6) is 0 Å². The molecule has 1 fully saturated rings.